The number of aryl methyl sites for hydroxylation is 2. The van der Waals surface area contributed by atoms with Gasteiger partial charge in [-0.2, -0.15) is 4.72 Å². The van der Waals surface area contributed by atoms with Crippen LogP contribution in [0.25, 0.3) is 0 Å². The molecule has 1 atom stereocenters. The van der Waals surface area contributed by atoms with Crippen LogP contribution in [-0.4, -0.2) is 33.5 Å². The van der Waals surface area contributed by atoms with E-state index in [4.69, 9.17) is 0 Å². The van der Waals surface area contributed by atoms with Gasteiger partial charge in [-0.05, 0) is 69.5 Å². The van der Waals surface area contributed by atoms with Gasteiger partial charge in [-0.1, -0.05) is 17.7 Å². The first-order valence-corrected chi connectivity index (χ1v) is 11.0. The highest BCUT2D eigenvalue weighted by Crippen LogP contribution is 2.25. The van der Waals surface area contributed by atoms with E-state index in [2.05, 4.69) is 21.0 Å². The number of anilines is 2. The quantitative estimate of drug-likeness (QED) is 0.779. The summed E-state index contributed by atoms with van der Waals surface area (Å²) in [6.45, 7) is 7.48. The Morgan fingerprint density at radius 2 is 1.68 bits per heavy atom. The first-order valence-electron chi connectivity index (χ1n) is 9.52. The van der Waals surface area contributed by atoms with Gasteiger partial charge in [-0.15, -0.1) is 0 Å². The smallest absolute Gasteiger partial charge is 0.242 e. The van der Waals surface area contributed by atoms with E-state index >= 15 is 0 Å². The standard InChI is InChI=1S/C21H27N3O3S/c1-15-6-9-19(10-7-15)28(26,27)23-17(3)21(25)22-20-11-8-18(14-16(20)2)24-12-4-5-13-24/h6-11,14,17,23H,4-5,12-13H2,1-3H3,(H,22,25)/t17-/m1/s1. The summed E-state index contributed by atoms with van der Waals surface area (Å²) in [6, 6.07) is 11.5. The second-order valence-electron chi connectivity index (χ2n) is 7.34. The monoisotopic (exact) mass is 401 g/mol. The number of rotatable bonds is 6. The second-order valence-corrected chi connectivity index (χ2v) is 9.05. The highest BCUT2D eigenvalue weighted by Gasteiger charge is 2.22. The van der Waals surface area contributed by atoms with Gasteiger partial charge >= 0.3 is 0 Å². The fourth-order valence-corrected chi connectivity index (χ4v) is 4.48. The van der Waals surface area contributed by atoms with Crippen LogP contribution in [0.3, 0.4) is 0 Å². The van der Waals surface area contributed by atoms with Crippen LogP contribution >= 0.6 is 0 Å². The summed E-state index contributed by atoms with van der Waals surface area (Å²) in [5.41, 5.74) is 3.76. The molecule has 6 nitrogen and oxygen atoms in total. The lowest BCUT2D eigenvalue weighted by Crippen LogP contribution is -2.41. The number of sulfonamides is 1. The average molecular weight is 402 g/mol. The summed E-state index contributed by atoms with van der Waals surface area (Å²) in [6.07, 6.45) is 2.41. The molecule has 1 aliphatic rings. The van der Waals surface area contributed by atoms with Crippen molar-refractivity contribution in [3.05, 3.63) is 53.6 Å². The molecule has 2 aromatic carbocycles. The van der Waals surface area contributed by atoms with Gasteiger partial charge in [0.05, 0.1) is 10.9 Å². The van der Waals surface area contributed by atoms with E-state index in [1.165, 1.54) is 31.9 Å². The van der Waals surface area contributed by atoms with Gasteiger partial charge in [0.2, 0.25) is 15.9 Å². The number of hydrogen-bond acceptors (Lipinski definition) is 4. The van der Waals surface area contributed by atoms with Crippen LogP contribution in [0.2, 0.25) is 0 Å². The zero-order valence-corrected chi connectivity index (χ0v) is 17.3. The van der Waals surface area contributed by atoms with Crippen LogP contribution in [0.5, 0.6) is 0 Å². The van der Waals surface area contributed by atoms with E-state index in [9.17, 15) is 13.2 Å². The fraction of sp³-hybridized carbons (Fsp3) is 0.381. The summed E-state index contributed by atoms with van der Waals surface area (Å²) >= 11 is 0. The molecule has 1 heterocycles. The molecule has 0 bridgehead atoms. The maximum atomic E-state index is 12.5. The molecule has 1 aliphatic heterocycles. The van der Waals surface area contributed by atoms with Crippen molar-refractivity contribution < 1.29 is 13.2 Å². The molecule has 0 spiro atoms. The highest BCUT2D eigenvalue weighted by atomic mass is 32.2. The Hall–Kier alpha value is -2.38. The lowest BCUT2D eigenvalue weighted by molar-refractivity contribution is -0.117. The van der Waals surface area contributed by atoms with Gasteiger partial charge in [0.25, 0.3) is 0 Å². The van der Waals surface area contributed by atoms with Crippen molar-refractivity contribution in [1.82, 2.24) is 4.72 Å². The van der Waals surface area contributed by atoms with Crippen molar-refractivity contribution in [2.24, 2.45) is 0 Å². The number of carbonyl (C=O) groups is 1. The molecule has 1 fully saturated rings. The summed E-state index contributed by atoms with van der Waals surface area (Å²) < 4.78 is 27.4. The van der Waals surface area contributed by atoms with Crippen molar-refractivity contribution >= 4 is 27.3 Å². The molecule has 0 aliphatic carbocycles. The topological polar surface area (TPSA) is 78.5 Å². The molecule has 1 saturated heterocycles. The Kier molecular flexibility index (Phi) is 6.05. The molecule has 28 heavy (non-hydrogen) atoms. The van der Waals surface area contributed by atoms with E-state index in [1.54, 1.807) is 12.1 Å². The summed E-state index contributed by atoms with van der Waals surface area (Å²) in [5.74, 6) is -0.396. The Morgan fingerprint density at radius 1 is 1.04 bits per heavy atom. The average Bonchev–Trinajstić information content (AvgIpc) is 3.18. The Bertz CT molecular complexity index is 949. The number of nitrogens with one attached hydrogen (secondary N) is 2. The second kappa shape index (κ2) is 8.32. The van der Waals surface area contributed by atoms with Crippen LogP contribution in [0.4, 0.5) is 11.4 Å². The van der Waals surface area contributed by atoms with Gasteiger partial charge in [0, 0.05) is 24.5 Å². The van der Waals surface area contributed by atoms with Crippen LogP contribution in [0.15, 0.2) is 47.4 Å². The van der Waals surface area contributed by atoms with Gasteiger partial charge < -0.3 is 10.2 Å². The van der Waals surface area contributed by atoms with E-state index in [0.29, 0.717) is 5.69 Å². The van der Waals surface area contributed by atoms with E-state index in [1.807, 2.05) is 26.0 Å². The molecule has 0 saturated carbocycles. The SMILES string of the molecule is Cc1ccc(S(=O)(=O)N[C@H](C)C(=O)Nc2ccc(N3CCCC3)cc2C)cc1. The van der Waals surface area contributed by atoms with Crippen molar-refractivity contribution in [2.75, 3.05) is 23.3 Å². The minimum absolute atomic E-state index is 0.142. The third kappa shape index (κ3) is 4.72. The fourth-order valence-electron chi connectivity index (χ4n) is 3.27. The van der Waals surface area contributed by atoms with E-state index < -0.39 is 22.0 Å². The van der Waals surface area contributed by atoms with Crippen LogP contribution in [-0.2, 0) is 14.8 Å². The Labute approximate surface area is 167 Å². The summed E-state index contributed by atoms with van der Waals surface area (Å²) in [7, 11) is -3.76. The van der Waals surface area contributed by atoms with Gasteiger partial charge in [0.15, 0.2) is 0 Å². The lowest BCUT2D eigenvalue weighted by Gasteiger charge is -2.20. The predicted octanol–water partition coefficient (Wildman–Crippen LogP) is 3.21. The Balaban J connectivity index is 1.66. The van der Waals surface area contributed by atoms with Crippen molar-refractivity contribution in [3.8, 4) is 0 Å². The molecule has 7 heteroatoms. The van der Waals surface area contributed by atoms with Crippen molar-refractivity contribution in [2.45, 2.75) is 44.6 Å². The van der Waals surface area contributed by atoms with Gasteiger partial charge in [0.1, 0.15) is 0 Å². The largest absolute Gasteiger partial charge is 0.372 e. The van der Waals surface area contributed by atoms with E-state index in [0.717, 1.165) is 29.9 Å². The minimum Gasteiger partial charge on any atom is -0.372 e. The van der Waals surface area contributed by atoms with Crippen molar-refractivity contribution in [3.63, 3.8) is 0 Å². The molecule has 1 amide bonds. The number of benzene rings is 2. The molecule has 0 aromatic heterocycles. The molecule has 2 N–H and O–H groups in total. The number of hydrogen-bond donors (Lipinski definition) is 2. The Morgan fingerprint density at radius 3 is 2.29 bits per heavy atom. The third-order valence-corrected chi connectivity index (χ3v) is 6.55. The van der Waals surface area contributed by atoms with Gasteiger partial charge in [-0.3, -0.25) is 4.79 Å². The zero-order chi connectivity index (χ0) is 20.3. The summed E-state index contributed by atoms with van der Waals surface area (Å²) in [5, 5.41) is 2.83. The van der Waals surface area contributed by atoms with Crippen LogP contribution in [0, 0.1) is 13.8 Å². The molecular weight excluding hydrogens is 374 g/mol. The molecule has 3 rings (SSSR count). The maximum absolute atomic E-state index is 12.5. The predicted molar refractivity (Wildman–Crippen MR) is 112 cm³/mol. The van der Waals surface area contributed by atoms with Gasteiger partial charge in [-0.25, -0.2) is 8.42 Å². The summed E-state index contributed by atoms with van der Waals surface area (Å²) in [4.78, 5) is 15.0. The molecule has 0 radical (unpaired) electrons. The number of nitrogens with zero attached hydrogens (tertiary/aromatic N) is 1. The number of carbonyl (C=O) groups excluding carboxylic acids is 1. The highest BCUT2D eigenvalue weighted by molar-refractivity contribution is 7.89. The first kappa shape index (κ1) is 20.4. The normalized spacial score (nSPS) is 15.5. The van der Waals surface area contributed by atoms with Crippen LogP contribution in [0.1, 0.15) is 30.9 Å². The molecular formula is C21H27N3O3S. The lowest BCUT2D eigenvalue weighted by atomic mass is 10.1. The van der Waals surface area contributed by atoms with Crippen molar-refractivity contribution in [1.29, 1.82) is 0 Å². The van der Waals surface area contributed by atoms with Crippen LogP contribution < -0.4 is 14.9 Å². The maximum Gasteiger partial charge on any atom is 0.242 e. The molecule has 2 aromatic rings. The third-order valence-electron chi connectivity index (χ3n) is 5.00. The number of amides is 1. The molecule has 0 unspecified atom stereocenters. The minimum atomic E-state index is -3.76. The molecule has 150 valence electrons. The van der Waals surface area contributed by atoms with E-state index in [-0.39, 0.29) is 4.90 Å². The zero-order valence-electron chi connectivity index (χ0n) is 16.5. The first-order chi connectivity index (χ1) is 13.3.